The van der Waals surface area contributed by atoms with Crippen LogP contribution < -0.4 is 4.74 Å². The average Bonchev–Trinajstić information content (AvgIpc) is 2.26. The first-order chi connectivity index (χ1) is 7.47. The summed E-state index contributed by atoms with van der Waals surface area (Å²) in [5.41, 5.74) is 0.0840. The lowest BCUT2D eigenvalue weighted by Crippen LogP contribution is -2.23. The van der Waals surface area contributed by atoms with E-state index in [2.05, 4.69) is 0 Å². The number of hydrogen-bond acceptors (Lipinski definition) is 3. The van der Waals surface area contributed by atoms with E-state index in [1.54, 1.807) is 0 Å². The quantitative estimate of drug-likeness (QED) is 0.853. The molecule has 0 bridgehead atoms. The van der Waals surface area contributed by atoms with E-state index in [-0.39, 0.29) is 10.6 Å². The van der Waals surface area contributed by atoms with Crippen LogP contribution in [0.4, 0.5) is 4.39 Å². The van der Waals surface area contributed by atoms with Gasteiger partial charge < -0.3 is 14.9 Å². The first kappa shape index (κ1) is 12.7. The molecular formula is C10H10ClFO4. The number of carbonyl (C=O) groups is 1. The van der Waals surface area contributed by atoms with Crippen LogP contribution in [0, 0.1) is 0 Å². The highest BCUT2D eigenvalue weighted by Gasteiger charge is 2.27. The third-order valence-corrected chi connectivity index (χ3v) is 2.33. The number of benzene rings is 1. The molecular weight excluding hydrogens is 239 g/mol. The predicted octanol–water partition coefficient (Wildman–Crippen LogP) is 1.80. The van der Waals surface area contributed by atoms with E-state index in [1.807, 2.05) is 0 Å². The van der Waals surface area contributed by atoms with Crippen LogP contribution in [0.2, 0.25) is 5.02 Å². The summed E-state index contributed by atoms with van der Waals surface area (Å²) in [5, 5.41) is 18.0. The molecule has 0 fully saturated rings. The summed E-state index contributed by atoms with van der Waals surface area (Å²) >= 11 is 5.75. The number of aliphatic hydroxyl groups is 1. The lowest BCUT2D eigenvalue weighted by Gasteiger charge is -2.13. The zero-order valence-electron chi connectivity index (χ0n) is 8.35. The third-order valence-electron chi connectivity index (χ3n) is 2.03. The van der Waals surface area contributed by atoms with E-state index in [0.29, 0.717) is 5.75 Å². The molecule has 16 heavy (non-hydrogen) atoms. The van der Waals surface area contributed by atoms with Crippen molar-refractivity contribution in [2.24, 2.45) is 0 Å². The number of carboxylic acid groups (broad SMARTS) is 1. The molecule has 4 nitrogen and oxygen atoms in total. The average molecular weight is 249 g/mol. The molecule has 0 radical (unpaired) electrons. The van der Waals surface area contributed by atoms with E-state index in [9.17, 15) is 14.3 Å². The molecule has 0 aromatic heterocycles. The van der Waals surface area contributed by atoms with Crippen LogP contribution in [-0.2, 0) is 4.79 Å². The highest BCUT2D eigenvalue weighted by Crippen LogP contribution is 2.29. The number of halogens is 2. The Labute approximate surface area is 96.2 Å². The molecule has 0 saturated carbocycles. The fourth-order valence-corrected chi connectivity index (χ4v) is 1.44. The van der Waals surface area contributed by atoms with Crippen molar-refractivity contribution in [3.8, 4) is 5.75 Å². The molecule has 0 aliphatic rings. The van der Waals surface area contributed by atoms with Crippen LogP contribution in [-0.4, -0.2) is 29.5 Å². The highest BCUT2D eigenvalue weighted by molar-refractivity contribution is 6.32. The second kappa shape index (κ2) is 5.14. The van der Waals surface area contributed by atoms with Crippen molar-refractivity contribution < 1.29 is 24.1 Å². The minimum Gasteiger partial charge on any atom is -0.495 e. The Hall–Kier alpha value is -1.33. The summed E-state index contributed by atoms with van der Waals surface area (Å²) in [6, 6.07) is 4.04. The summed E-state index contributed by atoms with van der Waals surface area (Å²) in [6.45, 7) is 0. The number of hydrogen-bond donors (Lipinski definition) is 2. The number of rotatable bonds is 4. The smallest absolute Gasteiger partial charge is 0.341 e. The molecule has 1 aromatic carbocycles. The summed E-state index contributed by atoms with van der Waals surface area (Å²) < 4.78 is 17.9. The fraction of sp³-hybridized carbons (Fsp3) is 0.300. The summed E-state index contributed by atoms with van der Waals surface area (Å²) in [7, 11) is 1.41. The molecule has 0 aliphatic heterocycles. The molecule has 0 saturated heterocycles. The molecule has 2 unspecified atom stereocenters. The molecule has 88 valence electrons. The molecule has 6 heteroatoms. The number of ether oxygens (including phenoxy) is 1. The SMILES string of the molecule is COc1ccc(C(O)C(F)C(=O)O)cc1Cl. The molecule has 0 heterocycles. The van der Waals surface area contributed by atoms with Gasteiger partial charge in [0.05, 0.1) is 12.1 Å². The van der Waals surface area contributed by atoms with Gasteiger partial charge in [-0.2, -0.15) is 0 Å². The predicted molar refractivity (Wildman–Crippen MR) is 55.5 cm³/mol. The highest BCUT2D eigenvalue weighted by atomic mass is 35.5. The Bertz CT molecular complexity index is 396. The van der Waals surface area contributed by atoms with Crippen molar-refractivity contribution in [2.75, 3.05) is 7.11 Å². The number of carboxylic acids is 1. The van der Waals surface area contributed by atoms with Crippen molar-refractivity contribution in [2.45, 2.75) is 12.3 Å². The standard InChI is InChI=1S/C10H10ClFO4/c1-16-7-3-2-5(4-6(7)11)9(13)8(12)10(14)15/h2-4,8-9,13H,1H3,(H,14,15). The maximum absolute atomic E-state index is 13.0. The van der Waals surface area contributed by atoms with Gasteiger partial charge in [-0.3, -0.25) is 0 Å². The number of aliphatic hydroxyl groups excluding tert-OH is 1. The lowest BCUT2D eigenvalue weighted by molar-refractivity contribution is -0.147. The van der Waals surface area contributed by atoms with Gasteiger partial charge in [-0.1, -0.05) is 17.7 Å². The normalized spacial score (nSPS) is 14.2. The molecule has 1 rings (SSSR count). The maximum atomic E-state index is 13.0. The van der Waals surface area contributed by atoms with Gasteiger partial charge in [-0.05, 0) is 17.7 Å². The fourth-order valence-electron chi connectivity index (χ4n) is 1.17. The van der Waals surface area contributed by atoms with E-state index in [0.717, 1.165) is 0 Å². The molecule has 1 aromatic rings. The molecule has 2 atom stereocenters. The van der Waals surface area contributed by atoms with Gasteiger partial charge >= 0.3 is 5.97 Å². The zero-order valence-corrected chi connectivity index (χ0v) is 9.11. The Kier molecular flexibility index (Phi) is 4.09. The Morgan fingerprint density at radius 3 is 2.62 bits per heavy atom. The van der Waals surface area contributed by atoms with Crippen LogP contribution in [0.15, 0.2) is 18.2 Å². The van der Waals surface area contributed by atoms with Gasteiger partial charge in [0.25, 0.3) is 0 Å². The Morgan fingerprint density at radius 1 is 1.56 bits per heavy atom. The van der Waals surface area contributed by atoms with Crippen LogP contribution in [0.25, 0.3) is 0 Å². The van der Waals surface area contributed by atoms with E-state index in [4.69, 9.17) is 21.4 Å². The first-order valence-corrected chi connectivity index (χ1v) is 4.73. The van der Waals surface area contributed by atoms with Crippen LogP contribution >= 0.6 is 11.6 Å². The number of aliphatic carboxylic acids is 1. The van der Waals surface area contributed by atoms with Crippen LogP contribution in [0.5, 0.6) is 5.75 Å². The van der Waals surface area contributed by atoms with Crippen molar-refractivity contribution in [3.63, 3.8) is 0 Å². The number of methoxy groups -OCH3 is 1. The van der Waals surface area contributed by atoms with Crippen molar-refractivity contribution in [1.29, 1.82) is 0 Å². The van der Waals surface area contributed by atoms with Gasteiger partial charge in [0.15, 0.2) is 0 Å². The largest absolute Gasteiger partial charge is 0.495 e. The molecule has 0 aliphatic carbocycles. The topological polar surface area (TPSA) is 66.8 Å². The maximum Gasteiger partial charge on any atom is 0.341 e. The molecule has 0 spiro atoms. The van der Waals surface area contributed by atoms with Gasteiger partial charge in [-0.15, -0.1) is 0 Å². The zero-order chi connectivity index (χ0) is 12.3. The van der Waals surface area contributed by atoms with Crippen LogP contribution in [0.1, 0.15) is 11.7 Å². The van der Waals surface area contributed by atoms with Crippen molar-refractivity contribution in [3.05, 3.63) is 28.8 Å². The van der Waals surface area contributed by atoms with Crippen molar-refractivity contribution >= 4 is 17.6 Å². The minimum absolute atomic E-state index is 0.0840. The van der Waals surface area contributed by atoms with E-state index >= 15 is 0 Å². The van der Waals surface area contributed by atoms with Crippen LogP contribution in [0.3, 0.4) is 0 Å². The monoisotopic (exact) mass is 248 g/mol. The molecule has 0 amide bonds. The van der Waals surface area contributed by atoms with Gasteiger partial charge in [0.1, 0.15) is 11.9 Å². The number of alkyl halides is 1. The first-order valence-electron chi connectivity index (χ1n) is 4.35. The molecule has 2 N–H and O–H groups in total. The van der Waals surface area contributed by atoms with E-state index in [1.165, 1.54) is 25.3 Å². The Morgan fingerprint density at radius 2 is 2.19 bits per heavy atom. The summed E-state index contributed by atoms with van der Waals surface area (Å²) in [5.74, 6) is -1.36. The second-order valence-corrected chi connectivity index (χ2v) is 3.49. The van der Waals surface area contributed by atoms with Crippen molar-refractivity contribution in [1.82, 2.24) is 0 Å². The summed E-state index contributed by atoms with van der Waals surface area (Å²) in [6.07, 6.45) is -4.13. The van der Waals surface area contributed by atoms with Gasteiger partial charge in [0.2, 0.25) is 6.17 Å². The second-order valence-electron chi connectivity index (χ2n) is 3.08. The summed E-state index contributed by atoms with van der Waals surface area (Å²) in [4.78, 5) is 10.3. The minimum atomic E-state index is -2.38. The van der Waals surface area contributed by atoms with E-state index < -0.39 is 18.2 Å². The lowest BCUT2D eigenvalue weighted by atomic mass is 10.1. The van der Waals surface area contributed by atoms with Gasteiger partial charge in [0, 0.05) is 0 Å². The Balaban J connectivity index is 2.97. The van der Waals surface area contributed by atoms with Gasteiger partial charge in [-0.25, -0.2) is 9.18 Å². The third kappa shape index (κ3) is 2.62.